The summed E-state index contributed by atoms with van der Waals surface area (Å²) in [4.78, 5) is 0. The third-order valence-corrected chi connectivity index (χ3v) is 1.66. The highest BCUT2D eigenvalue weighted by atomic mass is 16.3. The molecule has 0 fully saturated rings. The largest absolute Gasteiger partial charge is 0.384 e. The summed E-state index contributed by atoms with van der Waals surface area (Å²) in [5.74, 6) is 0. The van der Waals surface area contributed by atoms with Crippen molar-refractivity contribution in [3.63, 3.8) is 0 Å². The van der Waals surface area contributed by atoms with E-state index in [2.05, 4.69) is 12.3 Å². The Hall–Kier alpha value is -1.30. The highest BCUT2D eigenvalue weighted by Crippen LogP contribution is 2.14. The number of aliphatic hydroxyl groups excluding tert-OH is 1. The van der Waals surface area contributed by atoms with Crippen molar-refractivity contribution in [2.24, 2.45) is 0 Å². The first kappa shape index (κ1) is 8.79. The first-order chi connectivity index (χ1) is 5.74. The van der Waals surface area contributed by atoms with Crippen LogP contribution in [0.2, 0.25) is 0 Å². The predicted molar refractivity (Wildman–Crippen MR) is 49.8 cm³/mol. The summed E-state index contributed by atoms with van der Waals surface area (Å²) in [5, 5.41) is 9.49. The maximum absolute atomic E-state index is 9.49. The molecule has 1 rings (SSSR count). The van der Waals surface area contributed by atoms with Crippen LogP contribution in [0, 0.1) is 6.92 Å². The molecule has 0 unspecified atom stereocenters. The number of aryl methyl sites for hydroxylation is 1. The van der Waals surface area contributed by atoms with Crippen LogP contribution < -0.4 is 0 Å². The molecule has 0 aromatic heterocycles. The molecule has 0 saturated heterocycles. The fraction of sp³-hybridized carbons (Fsp3) is 0.182. The Kier molecular flexibility index (Phi) is 2.87. The summed E-state index contributed by atoms with van der Waals surface area (Å²) in [6.45, 7) is 5.40. The standard InChI is InChI=1S/C11H12O/c1-3-5-11(12)10-7-4-6-9(2)8-10/h4-8,11-12H,1H2,2H3/t11-/m1/s1. The monoisotopic (exact) mass is 160 g/mol. The lowest BCUT2D eigenvalue weighted by Gasteiger charge is -2.04. The van der Waals surface area contributed by atoms with Crippen LogP contribution >= 0.6 is 0 Å². The van der Waals surface area contributed by atoms with E-state index in [1.54, 1.807) is 0 Å². The zero-order valence-electron chi connectivity index (χ0n) is 7.12. The van der Waals surface area contributed by atoms with Gasteiger partial charge in [-0.05, 0) is 18.6 Å². The molecule has 0 bridgehead atoms. The summed E-state index contributed by atoms with van der Waals surface area (Å²) in [6, 6.07) is 7.74. The molecule has 1 heteroatoms. The van der Waals surface area contributed by atoms with E-state index in [1.165, 1.54) is 6.08 Å². The molecule has 0 saturated carbocycles. The molecule has 1 aromatic rings. The van der Waals surface area contributed by atoms with Crippen molar-refractivity contribution >= 4 is 0 Å². The summed E-state index contributed by atoms with van der Waals surface area (Å²) in [7, 11) is 0. The molecule has 62 valence electrons. The highest BCUT2D eigenvalue weighted by Gasteiger charge is 2.01. The van der Waals surface area contributed by atoms with Crippen LogP contribution in [-0.4, -0.2) is 5.11 Å². The Morgan fingerprint density at radius 3 is 2.92 bits per heavy atom. The summed E-state index contributed by atoms with van der Waals surface area (Å²) >= 11 is 0. The van der Waals surface area contributed by atoms with Gasteiger partial charge in [0.05, 0.1) is 0 Å². The van der Waals surface area contributed by atoms with Gasteiger partial charge in [0.2, 0.25) is 0 Å². The minimum Gasteiger partial charge on any atom is -0.384 e. The Bertz CT molecular complexity index is 309. The SMILES string of the molecule is C=C=C[C@@H](O)c1cccc(C)c1. The van der Waals surface area contributed by atoms with Crippen LogP contribution in [0.15, 0.2) is 42.7 Å². The maximum Gasteiger partial charge on any atom is 0.104 e. The Labute approximate surface area is 72.7 Å². The lowest BCUT2D eigenvalue weighted by Crippen LogP contribution is -1.92. The summed E-state index contributed by atoms with van der Waals surface area (Å²) in [6.07, 6.45) is 0.955. The molecule has 0 amide bonds. The second-order valence-corrected chi connectivity index (χ2v) is 2.73. The zero-order chi connectivity index (χ0) is 8.97. The van der Waals surface area contributed by atoms with E-state index in [-0.39, 0.29) is 0 Å². The normalized spacial score (nSPS) is 11.8. The van der Waals surface area contributed by atoms with Gasteiger partial charge in [0.25, 0.3) is 0 Å². The minimum atomic E-state index is -0.581. The van der Waals surface area contributed by atoms with Gasteiger partial charge in [-0.2, -0.15) is 0 Å². The molecule has 0 spiro atoms. The third kappa shape index (κ3) is 2.09. The molecule has 1 aromatic carbocycles. The van der Waals surface area contributed by atoms with Gasteiger partial charge in [-0.15, -0.1) is 5.73 Å². The van der Waals surface area contributed by atoms with Crippen LogP contribution in [-0.2, 0) is 0 Å². The quantitative estimate of drug-likeness (QED) is 0.658. The van der Waals surface area contributed by atoms with Gasteiger partial charge >= 0.3 is 0 Å². The molecule has 0 heterocycles. The van der Waals surface area contributed by atoms with Crippen molar-refractivity contribution in [1.29, 1.82) is 0 Å². The third-order valence-electron chi connectivity index (χ3n) is 1.66. The minimum absolute atomic E-state index is 0.581. The van der Waals surface area contributed by atoms with Crippen molar-refractivity contribution < 1.29 is 5.11 Å². The second-order valence-electron chi connectivity index (χ2n) is 2.73. The van der Waals surface area contributed by atoms with E-state index in [4.69, 9.17) is 0 Å². The van der Waals surface area contributed by atoms with E-state index in [9.17, 15) is 5.11 Å². The van der Waals surface area contributed by atoms with Gasteiger partial charge in [-0.3, -0.25) is 0 Å². The molecule has 1 nitrogen and oxygen atoms in total. The number of aliphatic hydroxyl groups is 1. The van der Waals surface area contributed by atoms with Crippen LogP contribution in [0.5, 0.6) is 0 Å². The Morgan fingerprint density at radius 2 is 2.33 bits per heavy atom. The Balaban J connectivity index is 2.94. The van der Waals surface area contributed by atoms with Crippen molar-refractivity contribution in [2.45, 2.75) is 13.0 Å². The van der Waals surface area contributed by atoms with Gasteiger partial charge in [-0.1, -0.05) is 36.4 Å². The highest BCUT2D eigenvalue weighted by molar-refractivity contribution is 5.26. The van der Waals surface area contributed by atoms with E-state index in [1.807, 2.05) is 31.2 Å². The molecule has 1 atom stereocenters. The van der Waals surface area contributed by atoms with Gasteiger partial charge < -0.3 is 5.11 Å². The van der Waals surface area contributed by atoms with Crippen molar-refractivity contribution in [1.82, 2.24) is 0 Å². The van der Waals surface area contributed by atoms with Gasteiger partial charge in [-0.25, -0.2) is 0 Å². The van der Waals surface area contributed by atoms with Gasteiger partial charge in [0, 0.05) is 0 Å². The smallest absolute Gasteiger partial charge is 0.104 e. The topological polar surface area (TPSA) is 20.2 Å². The molecule has 0 radical (unpaired) electrons. The van der Waals surface area contributed by atoms with Crippen LogP contribution in [0.4, 0.5) is 0 Å². The number of rotatable bonds is 2. The Morgan fingerprint density at radius 1 is 1.58 bits per heavy atom. The molecule has 0 aliphatic carbocycles. The van der Waals surface area contributed by atoms with Gasteiger partial charge in [0.15, 0.2) is 0 Å². The second kappa shape index (κ2) is 3.91. The molecule has 1 N–H and O–H groups in total. The molecule has 0 aliphatic rings. The van der Waals surface area contributed by atoms with Crippen molar-refractivity contribution in [2.75, 3.05) is 0 Å². The molecular weight excluding hydrogens is 148 g/mol. The van der Waals surface area contributed by atoms with Gasteiger partial charge in [0.1, 0.15) is 6.10 Å². The predicted octanol–water partition coefficient (Wildman–Crippen LogP) is 2.37. The molecular formula is C11H12O. The van der Waals surface area contributed by atoms with Crippen molar-refractivity contribution in [3.05, 3.63) is 53.8 Å². The molecule has 12 heavy (non-hydrogen) atoms. The fourth-order valence-electron chi connectivity index (χ4n) is 1.06. The summed E-state index contributed by atoms with van der Waals surface area (Å²) < 4.78 is 0. The number of hydrogen-bond donors (Lipinski definition) is 1. The molecule has 0 aliphatic heterocycles. The van der Waals surface area contributed by atoms with E-state index < -0.39 is 6.10 Å². The average molecular weight is 160 g/mol. The zero-order valence-corrected chi connectivity index (χ0v) is 7.12. The fourth-order valence-corrected chi connectivity index (χ4v) is 1.06. The average Bonchev–Trinajstić information content (AvgIpc) is 2.05. The first-order valence-corrected chi connectivity index (χ1v) is 3.84. The van der Waals surface area contributed by atoms with E-state index >= 15 is 0 Å². The van der Waals surface area contributed by atoms with Crippen LogP contribution in [0.1, 0.15) is 17.2 Å². The van der Waals surface area contributed by atoms with Crippen LogP contribution in [0.3, 0.4) is 0 Å². The maximum atomic E-state index is 9.49. The lowest BCUT2D eigenvalue weighted by molar-refractivity contribution is 0.229. The van der Waals surface area contributed by atoms with E-state index in [0.717, 1.165) is 11.1 Å². The lowest BCUT2D eigenvalue weighted by atomic mass is 10.1. The van der Waals surface area contributed by atoms with Crippen LogP contribution in [0.25, 0.3) is 0 Å². The number of hydrogen-bond acceptors (Lipinski definition) is 1. The number of benzene rings is 1. The summed E-state index contributed by atoms with van der Waals surface area (Å²) in [5.41, 5.74) is 4.58. The van der Waals surface area contributed by atoms with Crippen molar-refractivity contribution in [3.8, 4) is 0 Å². The van der Waals surface area contributed by atoms with E-state index in [0.29, 0.717) is 0 Å². The first-order valence-electron chi connectivity index (χ1n) is 3.84.